The van der Waals surface area contributed by atoms with Gasteiger partial charge in [0.1, 0.15) is 11.8 Å². The van der Waals surface area contributed by atoms with Crippen LogP contribution in [0.25, 0.3) is 0 Å². The molecule has 3 aromatic rings. The number of nitrogens with zero attached hydrogens (tertiary/aromatic N) is 2. The lowest BCUT2D eigenvalue weighted by molar-refractivity contribution is -0.134. The van der Waals surface area contributed by atoms with Crippen molar-refractivity contribution < 1.29 is 14.0 Å². The van der Waals surface area contributed by atoms with Gasteiger partial charge >= 0.3 is 0 Å². The minimum Gasteiger partial charge on any atom is -0.454 e. The minimum atomic E-state index is -0.504. The monoisotopic (exact) mass is 457 g/mol. The molecule has 5 rings (SSSR count). The van der Waals surface area contributed by atoms with E-state index in [4.69, 9.17) is 10.2 Å². The molecule has 2 saturated heterocycles. The molecule has 3 heterocycles. The third-order valence-corrected chi connectivity index (χ3v) is 7.18. The minimum absolute atomic E-state index is 0.0317. The maximum Gasteiger partial charge on any atom is 0.290 e. The fraction of sp³-hybridized carbons (Fsp3) is 0.357. The van der Waals surface area contributed by atoms with E-state index in [0.29, 0.717) is 37.7 Å². The molecule has 0 spiro atoms. The van der Waals surface area contributed by atoms with Crippen LogP contribution in [-0.4, -0.2) is 47.3 Å². The maximum atomic E-state index is 13.7. The zero-order chi connectivity index (χ0) is 23.7. The van der Waals surface area contributed by atoms with Gasteiger partial charge in [-0.15, -0.1) is 0 Å². The second-order valence-corrected chi connectivity index (χ2v) is 9.49. The summed E-state index contributed by atoms with van der Waals surface area (Å²) in [6.45, 7) is 3.70. The number of nitrogens with two attached hydrogens (primary N) is 1. The van der Waals surface area contributed by atoms with E-state index < -0.39 is 6.04 Å². The van der Waals surface area contributed by atoms with Crippen LogP contribution in [0, 0.1) is 0 Å². The van der Waals surface area contributed by atoms with Crippen molar-refractivity contribution >= 4 is 11.8 Å². The number of carbonyl (C=O) groups is 2. The van der Waals surface area contributed by atoms with Crippen LogP contribution in [0.3, 0.4) is 0 Å². The Morgan fingerprint density at radius 3 is 2.18 bits per heavy atom. The molecule has 0 radical (unpaired) electrons. The molecule has 34 heavy (non-hydrogen) atoms. The normalized spacial score (nSPS) is 23.3. The van der Waals surface area contributed by atoms with Gasteiger partial charge in [-0.25, -0.2) is 0 Å². The van der Waals surface area contributed by atoms with Crippen LogP contribution in [-0.2, 0) is 4.79 Å². The smallest absolute Gasteiger partial charge is 0.290 e. The lowest BCUT2D eigenvalue weighted by Gasteiger charge is -2.27. The molecule has 1 aromatic heterocycles. The number of carbonyl (C=O) groups excluding carboxylic acids is 2. The highest BCUT2D eigenvalue weighted by molar-refractivity contribution is 5.96. The van der Waals surface area contributed by atoms with Gasteiger partial charge in [-0.2, -0.15) is 0 Å². The summed E-state index contributed by atoms with van der Waals surface area (Å²) < 4.78 is 5.75. The first kappa shape index (κ1) is 22.4. The van der Waals surface area contributed by atoms with Crippen molar-refractivity contribution in [1.82, 2.24) is 9.80 Å². The Kier molecular flexibility index (Phi) is 6.24. The number of rotatable bonds is 5. The molecule has 2 aliphatic rings. The van der Waals surface area contributed by atoms with Crippen LogP contribution >= 0.6 is 0 Å². The topological polar surface area (TPSA) is 79.8 Å². The fourth-order valence-electron chi connectivity index (χ4n) is 5.28. The van der Waals surface area contributed by atoms with Crippen molar-refractivity contribution in [2.45, 2.75) is 43.7 Å². The molecule has 6 heteroatoms. The molecule has 4 atom stereocenters. The third kappa shape index (κ3) is 4.38. The van der Waals surface area contributed by atoms with Crippen molar-refractivity contribution in [3.05, 3.63) is 95.4 Å². The summed E-state index contributed by atoms with van der Waals surface area (Å²) >= 11 is 0. The number of hydrogen-bond donors (Lipinski definition) is 1. The van der Waals surface area contributed by atoms with Gasteiger partial charge in [0.25, 0.3) is 5.91 Å². The Hall–Kier alpha value is -3.38. The number of furan rings is 1. The molecule has 0 aliphatic carbocycles. The van der Waals surface area contributed by atoms with Gasteiger partial charge in [0, 0.05) is 31.5 Å². The first-order chi connectivity index (χ1) is 16.5. The highest BCUT2D eigenvalue weighted by Crippen LogP contribution is 2.36. The molecular formula is C28H31N3O3. The van der Waals surface area contributed by atoms with Crippen LogP contribution in [0.15, 0.2) is 77.2 Å². The highest BCUT2D eigenvalue weighted by atomic mass is 16.4. The van der Waals surface area contributed by atoms with Crippen LogP contribution in [0.5, 0.6) is 0 Å². The average molecular weight is 458 g/mol. The SMILES string of the molecule is CC(N)c1ccc(C(=O)N2C[C@@H](c3ccccc3)C[C@H]2C(=O)N2CC[C@H](c3ccccc3)C2)o1. The van der Waals surface area contributed by atoms with Crippen molar-refractivity contribution in [3.63, 3.8) is 0 Å². The Labute approximate surface area is 200 Å². The summed E-state index contributed by atoms with van der Waals surface area (Å²) in [6.07, 6.45) is 1.55. The number of amides is 2. The van der Waals surface area contributed by atoms with Gasteiger partial charge in [-0.3, -0.25) is 9.59 Å². The van der Waals surface area contributed by atoms with E-state index in [9.17, 15) is 9.59 Å². The first-order valence-corrected chi connectivity index (χ1v) is 12.1. The van der Waals surface area contributed by atoms with Gasteiger partial charge < -0.3 is 20.0 Å². The molecule has 2 fully saturated rings. The van der Waals surface area contributed by atoms with E-state index in [1.165, 1.54) is 5.56 Å². The summed E-state index contributed by atoms with van der Waals surface area (Å²) in [5, 5.41) is 0. The first-order valence-electron chi connectivity index (χ1n) is 12.1. The molecule has 2 aromatic carbocycles. The quantitative estimate of drug-likeness (QED) is 0.619. The van der Waals surface area contributed by atoms with Crippen molar-refractivity contribution in [2.75, 3.05) is 19.6 Å². The lowest BCUT2D eigenvalue weighted by atomic mass is 9.96. The van der Waals surface area contributed by atoms with E-state index in [2.05, 4.69) is 24.3 Å². The van der Waals surface area contributed by atoms with Gasteiger partial charge in [0.15, 0.2) is 5.76 Å². The molecule has 6 nitrogen and oxygen atoms in total. The predicted molar refractivity (Wildman–Crippen MR) is 130 cm³/mol. The summed E-state index contributed by atoms with van der Waals surface area (Å²) in [6, 6.07) is 23.1. The number of hydrogen-bond acceptors (Lipinski definition) is 4. The standard InChI is InChI=1S/C28H31N3O3/c1-19(29)25-12-13-26(34-25)28(33)31-18-23(21-10-6-3-7-11-21)16-24(31)27(32)30-15-14-22(17-30)20-8-4-2-5-9-20/h2-13,19,22-24H,14-18,29H2,1H3/t19?,22-,23-,24-/m0/s1. The summed E-state index contributed by atoms with van der Waals surface area (Å²) in [5.74, 6) is 1.03. The van der Waals surface area contributed by atoms with Crippen molar-refractivity contribution in [1.29, 1.82) is 0 Å². The van der Waals surface area contributed by atoms with Crippen LogP contribution < -0.4 is 5.73 Å². The van der Waals surface area contributed by atoms with Gasteiger partial charge in [0.05, 0.1) is 6.04 Å². The fourth-order valence-corrected chi connectivity index (χ4v) is 5.28. The zero-order valence-corrected chi connectivity index (χ0v) is 19.5. The summed E-state index contributed by atoms with van der Waals surface area (Å²) in [5.41, 5.74) is 8.33. The van der Waals surface area contributed by atoms with Crippen LogP contribution in [0.1, 0.15) is 65.1 Å². The van der Waals surface area contributed by atoms with Gasteiger partial charge in [0.2, 0.25) is 5.91 Å². The summed E-state index contributed by atoms with van der Waals surface area (Å²) in [4.78, 5) is 30.9. The zero-order valence-electron chi connectivity index (χ0n) is 19.5. The second kappa shape index (κ2) is 9.47. The van der Waals surface area contributed by atoms with E-state index in [1.807, 2.05) is 48.2 Å². The third-order valence-electron chi connectivity index (χ3n) is 7.18. The Morgan fingerprint density at radius 2 is 1.56 bits per heavy atom. The molecule has 2 N–H and O–H groups in total. The van der Waals surface area contributed by atoms with E-state index in [0.717, 1.165) is 12.0 Å². The maximum absolute atomic E-state index is 13.7. The molecule has 1 unspecified atom stereocenters. The molecule has 0 bridgehead atoms. The van der Waals surface area contributed by atoms with Gasteiger partial charge in [-0.1, -0.05) is 60.7 Å². The Balaban J connectivity index is 1.38. The average Bonchev–Trinajstić information content (AvgIpc) is 3.64. The molecular weight excluding hydrogens is 426 g/mol. The molecule has 0 saturated carbocycles. The van der Waals surface area contributed by atoms with Crippen molar-refractivity contribution in [2.24, 2.45) is 5.73 Å². The van der Waals surface area contributed by atoms with Crippen molar-refractivity contribution in [3.8, 4) is 0 Å². The Morgan fingerprint density at radius 1 is 0.912 bits per heavy atom. The second-order valence-electron chi connectivity index (χ2n) is 9.49. The van der Waals surface area contributed by atoms with Gasteiger partial charge in [-0.05, 0) is 43.0 Å². The number of likely N-dealkylation sites (tertiary alicyclic amines) is 2. The van der Waals surface area contributed by atoms with E-state index in [-0.39, 0.29) is 29.5 Å². The van der Waals surface area contributed by atoms with E-state index in [1.54, 1.807) is 17.0 Å². The predicted octanol–water partition coefficient (Wildman–Crippen LogP) is 4.31. The van der Waals surface area contributed by atoms with E-state index >= 15 is 0 Å². The van der Waals surface area contributed by atoms with Crippen LogP contribution in [0.2, 0.25) is 0 Å². The largest absolute Gasteiger partial charge is 0.454 e. The summed E-state index contributed by atoms with van der Waals surface area (Å²) in [7, 11) is 0. The molecule has 2 aliphatic heterocycles. The highest BCUT2D eigenvalue weighted by Gasteiger charge is 2.44. The lowest BCUT2D eigenvalue weighted by Crippen LogP contribution is -2.47. The molecule has 2 amide bonds. The Bertz CT molecular complexity index is 1140. The van der Waals surface area contributed by atoms with Crippen LogP contribution in [0.4, 0.5) is 0 Å². The number of benzene rings is 2. The molecule has 176 valence electrons.